The summed E-state index contributed by atoms with van der Waals surface area (Å²) in [7, 11) is 0. The minimum atomic E-state index is 0.277. The molecule has 1 fully saturated rings. The van der Waals surface area contributed by atoms with Crippen LogP contribution < -0.4 is 5.73 Å². The fraction of sp³-hybridized carbons (Fsp3) is 0.647. The average molecular weight is 259 g/mol. The first-order valence-electron chi connectivity index (χ1n) is 7.79. The summed E-state index contributed by atoms with van der Waals surface area (Å²) in [5.74, 6) is 0.638. The van der Waals surface area contributed by atoms with Gasteiger partial charge in [0.25, 0.3) is 0 Å². The Balaban J connectivity index is 1.73. The van der Waals surface area contributed by atoms with E-state index in [4.69, 9.17) is 10.5 Å². The molecule has 3 rings (SSSR count). The van der Waals surface area contributed by atoms with Crippen LogP contribution in [0.2, 0.25) is 0 Å². The second-order valence-corrected chi connectivity index (χ2v) is 6.11. The van der Waals surface area contributed by atoms with Crippen molar-refractivity contribution in [2.75, 3.05) is 6.61 Å². The molecule has 0 amide bonds. The first-order valence-corrected chi connectivity index (χ1v) is 7.79. The van der Waals surface area contributed by atoms with E-state index in [-0.39, 0.29) is 6.10 Å². The van der Waals surface area contributed by atoms with Crippen molar-refractivity contribution in [2.24, 2.45) is 11.7 Å². The fourth-order valence-electron chi connectivity index (χ4n) is 3.65. The van der Waals surface area contributed by atoms with Gasteiger partial charge in [0.1, 0.15) is 0 Å². The Morgan fingerprint density at radius 1 is 1.11 bits per heavy atom. The van der Waals surface area contributed by atoms with Crippen LogP contribution >= 0.6 is 0 Å². The number of ether oxygens (including phenoxy) is 1. The van der Waals surface area contributed by atoms with Crippen molar-refractivity contribution >= 4 is 0 Å². The molecule has 1 aliphatic heterocycles. The zero-order valence-corrected chi connectivity index (χ0v) is 11.7. The quantitative estimate of drug-likeness (QED) is 0.824. The van der Waals surface area contributed by atoms with Gasteiger partial charge in [-0.05, 0) is 42.7 Å². The van der Waals surface area contributed by atoms with Gasteiger partial charge in [-0.1, -0.05) is 43.5 Å². The zero-order valence-electron chi connectivity index (χ0n) is 11.7. The molecule has 0 spiro atoms. The molecular formula is C17H25NO. The topological polar surface area (TPSA) is 35.2 Å². The van der Waals surface area contributed by atoms with E-state index < -0.39 is 0 Å². The van der Waals surface area contributed by atoms with Crippen LogP contribution in [0.25, 0.3) is 0 Å². The van der Waals surface area contributed by atoms with Gasteiger partial charge in [0.05, 0.1) is 12.7 Å². The van der Waals surface area contributed by atoms with Gasteiger partial charge in [0.2, 0.25) is 0 Å². The SMILES string of the molecule is NC1CCCCCC1CC1OCCc2ccccc21. The number of hydrogen-bond donors (Lipinski definition) is 1. The molecule has 2 nitrogen and oxygen atoms in total. The molecule has 1 heterocycles. The third-order valence-corrected chi connectivity index (χ3v) is 4.83. The minimum absolute atomic E-state index is 0.277. The Kier molecular flexibility index (Phi) is 4.19. The van der Waals surface area contributed by atoms with Crippen molar-refractivity contribution in [1.29, 1.82) is 0 Å². The standard InChI is InChI=1S/C17H25NO/c18-16-9-3-1-2-7-14(16)12-17-15-8-5-4-6-13(15)10-11-19-17/h4-6,8,14,16-17H,1-3,7,9-12,18H2. The maximum atomic E-state index is 6.36. The van der Waals surface area contributed by atoms with Crippen LogP contribution in [0.4, 0.5) is 0 Å². The number of fused-ring (bicyclic) bond motifs is 1. The lowest BCUT2D eigenvalue weighted by Gasteiger charge is -2.31. The Morgan fingerprint density at radius 2 is 1.95 bits per heavy atom. The summed E-state index contributed by atoms with van der Waals surface area (Å²) in [6.45, 7) is 0.865. The molecule has 2 heteroatoms. The van der Waals surface area contributed by atoms with Gasteiger partial charge in [-0.25, -0.2) is 0 Å². The van der Waals surface area contributed by atoms with E-state index in [2.05, 4.69) is 24.3 Å². The number of benzene rings is 1. The van der Waals surface area contributed by atoms with Crippen molar-refractivity contribution in [3.8, 4) is 0 Å². The molecule has 0 bridgehead atoms. The predicted octanol–water partition coefficient (Wildman–Crippen LogP) is 3.60. The van der Waals surface area contributed by atoms with Crippen molar-refractivity contribution in [3.63, 3.8) is 0 Å². The van der Waals surface area contributed by atoms with Crippen LogP contribution in [0.15, 0.2) is 24.3 Å². The minimum Gasteiger partial charge on any atom is -0.373 e. The van der Waals surface area contributed by atoms with E-state index in [1.807, 2.05) is 0 Å². The first kappa shape index (κ1) is 13.1. The highest BCUT2D eigenvalue weighted by molar-refractivity contribution is 5.30. The predicted molar refractivity (Wildman–Crippen MR) is 78.0 cm³/mol. The molecule has 0 radical (unpaired) electrons. The summed E-state index contributed by atoms with van der Waals surface area (Å²) in [6.07, 6.45) is 8.92. The summed E-state index contributed by atoms with van der Waals surface area (Å²) in [4.78, 5) is 0. The molecule has 19 heavy (non-hydrogen) atoms. The van der Waals surface area contributed by atoms with E-state index in [1.54, 1.807) is 0 Å². The van der Waals surface area contributed by atoms with Crippen LogP contribution in [0.5, 0.6) is 0 Å². The van der Waals surface area contributed by atoms with E-state index in [9.17, 15) is 0 Å². The molecule has 0 aromatic heterocycles. The molecule has 0 saturated heterocycles. The Bertz CT molecular complexity index is 417. The average Bonchev–Trinajstić information content (AvgIpc) is 2.65. The van der Waals surface area contributed by atoms with Gasteiger partial charge >= 0.3 is 0 Å². The van der Waals surface area contributed by atoms with Crippen LogP contribution in [0.1, 0.15) is 55.8 Å². The fourth-order valence-corrected chi connectivity index (χ4v) is 3.65. The maximum Gasteiger partial charge on any atom is 0.0831 e. The molecule has 3 atom stereocenters. The van der Waals surface area contributed by atoms with Crippen molar-refractivity contribution < 1.29 is 4.74 Å². The summed E-state index contributed by atoms with van der Waals surface area (Å²) in [5, 5.41) is 0. The smallest absolute Gasteiger partial charge is 0.0831 e. The second-order valence-electron chi connectivity index (χ2n) is 6.11. The normalized spacial score (nSPS) is 31.5. The van der Waals surface area contributed by atoms with Gasteiger partial charge in [-0.15, -0.1) is 0 Å². The van der Waals surface area contributed by atoms with Crippen molar-refractivity contribution in [3.05, 3.63) is 35.4 Å². The highest BCUT2D eigenvalue weighted by atomic mass is 16.5. The zero-order chi connectivity index (χ0) is 13.1. The molecule has 1 aliphatic carbocycles. The molecule has 1 aromatic carbocycles. The van der Waals surface area contributed by atoms with E-state index in [0.717, 1.165) is 19.4 Å². The van der Waals surface area contributed by atoms with Gasteiger partial charge in [-0.2, -0.15) is 0 Å². The molecule has 3 unspecified atom stereocenters. The van der Waals surface area contributed by atoms with Gasteiger partial charge in [0.15, 0.2) is 0 Å². The third-order valence-electron chi connectivity index (χ3n) is 4.83. The summed E-state index contributed by atoms with van der Waals surface area (Å²) in [6, 6.07) is 9.13. The molecular weight excluding hydrogens is 234 g/mol. The Hall–Kier alpha value is -0.860. The highest BCUT2D eigenvalue weighted by Gasteiger charge is 2.27. The lowest BCUT2D eigenvalue weighted by molar-refractivity contribution is 0.0217. The van der Waals surface area contributed by atoms with Crippen LogP contribution in [-0.4, -0.2) is 12.6 Å². The Labute approximate surface area is 116 Å². The first-order chi connectivity index (χ1) is 9.34. The summed E-state index contributed by atoms with van der Waals surface area (Å²) >= 11 is 0. The van der Waals surface area contributed by atoms with Crippen LogP contribution in [0, 0.1) is 5.92 Å². The largest absolute Gasteiger partial charge is 0.373 e. The van der Waals surface area contributed by atoms with Gasteiger partial charge < -0.3 is 10.5 Å². The van der Waals surface area contributed by atoms with Crippen molar-refractivity contribution in [2.45, 2.75) is 57.1 Å². The van der Waals surface area contributed by atoms with E-state index >= 15 is 0 Å². The van der Waals surface area contributed by atoms with Gasteiger partial charge in [-0.3, -0.25) is 0 Å². The molecule has 2 aliphatic rings. The lowest BCUT2D eigenvalue weighted by Crippen LogP contribution is -2.31. The van der Waals surface area contributed by atoms with E-state index in [0.29, 0.717) is 12.0 Å². The second kappa shape index (κ2) is 6.06. The van der Waals surface area contributed by atoms with Crippen LogP contribution in [0.3, 0.4) is 0 Å². The number of rotatable bonds is 2. The van der Waals surface area contributed by atoms with Crippen LogP contribution in [-0.2, 0) is 11.2 Å². The molecule has 2 N–H and O–H groups in total. The lowest BCUT2D eigenvalue weighted by atomic mass is 9.85. The summed E-state index contributed by atoms with van der Waals surface area (Å²) < 4.78 is 6.04. The highest BCUT2D eigenvalue weighted by Crippen LogP contribution is 2.36. The Morgan fingerprint density at radius 3 is 2.89 bits per heavy atom. The number of hydrogen-bond acceptors (Lipinski definition) is 2. The molecule has 104 valence electrons. The van der Waals surface area contributed by atoms with E-state index in [1.165, 1.54) is 43.2 Å². The van der Waals surface area contributed by atoms with Crippen molar-refractivity contribution in [1.82, 2.24) is 0 Å². The third kappa shape index (κ3) is 3.01. The maximum absolute atomic E-state index is 6.36. The summed E-state index contributed by atoms with van der Waals surface area (Å²) in [5.41, 5.74) is 9.24. The monoisotopic (exact) mass is 259 g/mol. The molecule has 1 saturated carbocycles. The molecule has 1 aromatic rings. The number of nitrogens with two attached hydrogens (primary N) is 1. The van der Waals surface area contributed by atoms with Gasteiger partial charge in [0, 0.05) is 6.04 Å².